The van der Waals surface area contributed by atoms with Gasteiger partial charge in [-0.3, -0.25) is 4.40 Å². The predicted molar refractivity (Wildman–Crippen MR) is 60.2 cm³/mol. The van der Waals surface area contributed by atoms with Crippen LogP contribution in [0.1, 0.15) is 24.4 Å². The lowest BCUT2D eigenvalue weighted by atomic mass is 10.4. The van der Waals surface area contributed by atoms with E-state index < -0.39 is 0 Å². The summed E-state index contributed by atoms with van der Waals surface area (Å²) in [6, 6.07) is 2.70. The highest BCUT2D eigenvalue weighted by Gasteiger charge is 2.20. The molecule has 3 rings (SSSR count). The molecule has 0 amide bonds. The SMILES string of the molecule is Cc1cc2nnc(CCNC3CC3)n2cn1. The first-order valence-corrected chi connectivity index (χ1v) is 5.72. The molecule has 5 nitrogen and oxygen atoms in total. The van der Waals surface area contributed by atoms with Crippen LogP contribution in [-0.2, 0) is 6.42 Å². The maximum Gasteiger partial charge on any atom is 0.163 e. The first-order chi connectivity index (χ1) is 7.83. The molecule has 0 radical (unpaired) electrons. The molecule has 1 N–H and O–H groups in total. The van der Waals surface area contributed by atoms with Crippen LogP contribution in [0.15, 0.2) is 12.4 Å². The van der Waals surface area contributed by atoms with E-state index in [2.05, 4.69) is 20.5 Å². The van der Waals surface area contributed by atoms with E-state index in [1.54, 1.807) is 6.33 Å². The summed E-state index contributed by atoms with van der Waals surface area (Å²) < 4.78 is 1.96. The minimum Gasteiger partial charge on any atom is -0.314 e. The number of nitrogens with zero attached hydrogens (tertiary/aromatic N) is 4. The molecule has 1 aliphatic carbocycles. The zero-order chi connectivity index (χ0) is 11.0. The normalized spacial score (nSPS) is 15.8. The van der Waals surface area contributed by atoms with Crippen molar-refractivity contribution in [1.82, 2.24) is 24.9 Å². The number of hydrogen-bond donors (Lipinski definition) is 1. The predicted octanol–water partition coefficient (Wildman–Crippen LogP) is 0.727. The Morgan fingerprint density at radius 3 is 3.12 bits per heavy atom. The lowest BCUT2D eigenvalue weighted by Gasteiger charge is -2.01. The lowest BCUT2D eigenvalue weighted by molar-refractivity contribution is 0.662. The van der Waals surface area contributed by atoms with Gasteiger partial charge in [0.2, 0.25) is 0 Å². The summed E-state index contributed by atoms with van der Waals surface area (Å²) in [6.45, 7) is 2.93. The van der Waals surface area contributed by atoms with Crippen LogP contribution in [0.2, 0.25) is 0 Å². The van der Waals surface area contributed by atoms with E-state index >= 15 is 0 Å². The third kappa shape index (κ3) is 1.90. The third-order valence-corrected chi connectivity index (χ3v) is 2.87. The summed E-state index contributed by atoms with van der Waals surface area (Å²) in [4.78, 5) is 4.26. The molecule has 1 fully saturated rings. The van der Waals surface area contributed by atoms with E-state index in [-0.39, 0.29) is 0 Å². The second-order valence-corrected chi connectivity index (χ2v) is 4.35. The van der Waals surface area contributed by atoms with Crippen molar-refractivity contribution in [3.63, 3.8) is 0 Å². The molecule has 0 saturated heterocycles. The van der Waals surface area contributed by atoms with Gasteiger partial charge in [0, 0.05) is 30.8 Å². The smallest absolute Gasteiger partial charge is 0.163 e. The van der Waals surface area contributed by atoms with Crippen LogP contribution in [0, 0.1) is 6.92 Å². The van der Waals surface area contributed by atoms with E-state index in [4.69, 9.17) is 0 Å². The molecule has 0 aliphatic heterocycles. The first kappa shape index (κ1) is 9.72. The van der Waals surface area contributed by atoms with Gasteiger partial charge in [-0.1, -0.05) is 0 Å². The van der Waals surface area contributed by atoms with Crippen LogP contribution in [0.3, 0.4) is 0 Å². The molecule has 2 heterocycles. The van der Waals surface area contributed by atoms with Gasteiger partial charge in [-0.25, -0.2) is 4.98 Å². The second-order valence-electron chi connectivity index (χ2n) is 4.35. The Balaban J connectivity index is 1.75. The second kappa shape index (κ2) is 3.83. The summed E-state index contributed by atoms with van der Waals surface area (Å²) in [5, 5.41) is 11.8. The molecule has 2 aromatic rings. The van der Waals surface area contributed by atoms with Crippen molar-refractivity contribution in [1.29, 1.82) is 0 Å². The number of rotatable bonds is 4. The summed E-state index contributed by atoms with van der Waals surface area (Å²) >= 11 is 0. The van der Waals surface area contributed by atoms with E-state index in [0.717, 1.165) is 36.2 Å². The molecule has 0 atom stereocenters. The number of hydrogen-bond acceptors (Lipinski definition) is 4. The van der Waals surface area contributed by atoms with Crippen molar-refractivity contribution < 1.29 is 0 Å². The van der Waals surface area contributed by atoms with Crippen molar-refractivity contribution >= 4 is 5.65 Å². The standard InChI is InChI=1S/C11H15N5/c1-8-6-11-15-14-10(16(11)7-13-8)4-5-12-9-2-3-9/h6-7,9,12H,2-5H2,1H3. The van der Waals surface area contributed by atoms with Crippen molar-refractivity contribution in [2.24, 2.45) is 0 Å². The topological polar surface area (TPSA) is 55.1 Å². The molecule has 0 unspecified atom stereocenters. The van der Waals surface area contributed by atoms with Crippen molar-refractivity contribution in [3.05, 3.63) is 23.9 Å². The number of aryl methyl sites for hydroxylation is 1. The molecule has 1 saturated carbocycles. The zero-order valence-electron chi connectivity index (χ0n) is 9.35. The Morgan fingerprint density at radius 2 is 2.31 bits per heavy atom. The molecule has 2 aromatic heterocycles. The largest absolute Gasteiger partial charge is 0.314 e. The van der Waals surface area contributed by atoms with Crippen LogP contribution in [-0.4, -0.2) is 32.2 Å². The fourth-order valence-corrected chi connectivity index (χ4v) is 1.78. The van der Waals surface area contributed by atoms with Crippen molar-refractivity contribution in [2.75, 3.05) is 6.54 Å². The summed E-state index contributed by atoms with van der Waals surface area (Å²) in [7, 11) is 0. The van der Waals surface area contributed by atoms with Gasteiger partial charge in [0.1, 0.15) is 12.2 Å². The van der Waals surface area contributed by atoms with Crippen LogP contribution in [0.4, 0.5) is 0 Å². The maximum absolute atomic E-state index is 4.26. The van der Waals surface area contributed by atoms with Gasteiger partial charge < -0.3 is 5.32 Å². The van der Waals surface area contributed by atoms with Crippen molar-refractivity contribution in [2.45, 2.75) is 32.2 Å². The van der Waals surface area contributed by atoms with Crippen LogP contribution in [0.5, 0.6) is 0 Å². The fourth-order valence-electron chi connectivity index (χ4n) is 1.78. The van der Waals surface area contributed by atoms with E-state index in [1.165, 1.54) is 12.8 Å². The monoisotopic (exact) mass is 217 g/mol. The fraction of sp³-hybridized carbons (Fsp3) is 0.545. The Hall–Kier alpha value is -1.49. The quantitative estimate of drug-likeness (QED) is 0.820. The molecule has 84 valence electrons. The highest BCUT2D eigenvalue weighted by molar-refractivity contribution is 5.37. The minimum absolute atomic E-state index is 0.750. The molecule has 5 heteroatoms. The Bertz CT molecular complexity index is 500. The van der Waals surface area contributed by atoms with Crippen molar-refractivity contribution in [3.8, 4) is 0 Å². The number of aromatic nitrogens is 4. The Kier molecular flexibility index (Phi) is 2.32. The highest BCUT2D eigenvalue weighted by atomic mass is 15.3. The van der Waals surface area contributed by atoms with Crippen LogP contribution < -0.4 is 5.32 Å². The molecule has 0 bridgehead atoms. The minimum atomic E-state index is 0.750. The van der Waals surface area contributed by atoms with Gasteiger partial charge >= 0.3 is 0 Å². The molecular weight excluding hydrogens is 202 g/mol. The van der Waals surface area contributed by atoms with Crippen LogP contribution >= 0.6 is 0 Å². The molecule has 16 heavy (non-hydrogen) atoms. The van der Waals surface area contributed by atoms with E-state index in [1.807, 2.05) is 17.4 Å². The Labute approximate surface area is 93.9 Å². The van der Waals surface area contributed by atoms with Gasteiger partial charge in [-0.2, -0.15) is 0 Å². The average Bonchev–Trinajstić information content (AvgIpc) is 3.00. The lowest BCUT2D eigenvalue weighted by Crippen LogP contribution is -2.20. The highest BCUT2D eigenvalue weighted by Crippen LogP contribution is 2.18. The number of fused-ring (bicyclic) bond motifs is 1. The Morgan fingerprint density at radius 1 is 1.44 bits per heavy atom. The molecule has 0 aromatic carbocycles. The summed E-state index contributed by atoms with van der Waals surface area (Å²) in [6.07, 6.45) is 5.35. The van der Waals surface area contributed by atoms with E-state index in [0.29, 0.717) is 0 Å². The third-order valence-electron chi connectivity index (χ3n) is 2.87. The van der Waals surface area contributed by atoms with Gasteiger partial charge in [-0.15, -0.1) is 10.2 Å². The first-order valence-electron chi connectivity index (χ1n) is 5.72. The summed E-state index contributed by atoms with van der Waals surface area (Å²) in [5.74, 6) is 0.982. The number of nitrogens with one attached hydrogen (secondary N) is 1. The van der Waals surface area contributed by atoms with Gasteiger partial charge in [-0.05, 0) is 19.8 Å². The zero-order valence-corrected chi connectivity index (χ0v) is 9.35. The van der Waals surface area contributed by atoms with Gasteiger partial charge in [0.05, 0.1) is 0 Å². The van der Waals surface area contributed by atoms with Gasteiger partial charge in [0.15, 0.2) is 5.65 Å². The van der Waals surface area contributed by atoms with E-state index in [9.17, 15) is 0 Å². The van der Waals surface area contributed by atoms with Crippen LogP contribution in [0.25, 0.3) is 5.65 Å². The maximum atomic E-state index is 4.26. The molecular formula is C11H15N5. The molecule has 0 spiro atoms. The summed E-state index contributed by atoms with van der Waals surface area (Å²) in [5.41, 5.74) is 1.86. The average molecular weight is 217 g/mol. The molecule has 1 aliphatic rings. The van der Waals surface area contributed by atoms with Gasteiger partial charge in [0.25, 0.3) is 0 Å².